The van der Waals surface area contributed by atoms with Crippen molar-refractivity contribution < 1.29 is 4.74 Å². The normalized spacial score (nSPS) is 21.1. The lowest BCUT2D eigenvalue weighted by Crippen LogP contribution is -2.31. The Balaban J connectivity index is 1.58. The number of nitrogens with one attached hydrogen (secondary N) is 1. The van der Waals surface area contributed by atoms with Gasteiger partial charge in [-0.3, -0.25) is 0 Å². The summed E-state index contributed by atoms with van der Waals surface area (Å²) in [6.45, 7) is 3.99. The maximum atomic E-state index is 5.45. The maximum Gasteiger partial charge on any atom is 0.0620 e. The van der Waals surface area contributed by atoms with Crippen LogP contribution < -0.4 is 5.32 Å². The summed E-state index contributed by atoms with van der Waals surface area (Å²) in [6.07, 6.45) is 2.19. The minimum Gasteiger partial charge on any atom is -0.380 e. The molecule has 0 spiro atoms. The molecule has 2 aromatic rings. The largest absolute Gasteiger partial charge is 0.380 e. The molecule has 1 saturated heterocycles. The zero-order chi connectivity index (χ0) is 14.2. The zero-order valence-corrected chi connectivity index (χ0v) is 12.4. The molecule has 1 heterocycles. The second-order valence-corrected chi connectivity index (χ2v) is 6.20. The molecule has 1 fully saturated rings. The van der Waals surface area contributed by atoms with E-state index in [9.17, 15) is 0 Å². The number of rotatable bonds is 3. The minimum atomic E-state index is 0.380. The van der Waals surface area contributed by atoms with E-state index in [4.69, 9.17) is 4.74 Å². The van der Waals surface area contributed by atoms with Crippen LogP contribution in [0.2, 0.25) is 0 Å². The van der Waals surface area contributed by atoms with Gasteiger partial charge in [0.2, 0.25) is 0 Å². The minimum absolute atomic E-state index is 0.380. The van der Waals surface area contributed by atoms with E-state index >= 15 is 0 Å². The van der Waals surface area contributed by atoms with E-state index in [-0.39, 0.29) is 0 Å². The van der Waals surface area contributed by atoms with Crippen molar-refractivity contribution in [2.75, 3.05) is 13.2 Å². The molecule has 2 heteroatoms. The van der Waals surface area contributed by atoms with Gasteiger partial charge in [-0.25, -0.2) is 0 Å². The summed E-state index contributed by atoms with van der Waals surface area (Å²) in [7, 11) is 0. The topological polar surface area (TPSA) is 21.3 Å². The number of hydrogen-bond acceptors (Lipinski definition) is 2. The maximum absolute atomic E-state index is 5.45. The lowest BCUT2D eigenvalue weighted by Gasteiger charge is -2.19. The first-order chi connectivity index (χ1) is 10.3. The van der Waals surface area contributed by atoms with E-state index in [0.717, 1.165) is 26.1 Å². The molecule has 21 heavy (non-hydrogen) atoms. The molecule has 2 aromatic carbocycles. The molecule has 2 nitrogen and oxygen atoms in total. The van der Waals surface area contributed by atoms with Gasteiger partial charge in [0.15, 0.2) is 0 Å². The summed E-state index contributed by atoms with van der Waals surface area (Å²) in [6, 6.07) is 16.6. The van der Waals surface area contributed by atoms with Crippen molar-refractivity contribution >= 4 is 0 Å². The third-order valence-corrected chi connectivity index (χ3v) is 4.73. The Morgan fingerprint density at radius 3 is 2.81 bits per heavy atom. The lowest BCUT2D eigenvalue weighted by atomic mass is 10.00. The van der Waals surface area contributed by atoms with Crippen molar-refractivity contribution in [3.8, 4) is 11.1 Å². The van der Waals surface area contributed by atoms with Gasteiger partial charge in [-0.1, -0.05) is 42.5 Å². The highest BCUT2D eigenvalue weighted by molar-refractivity contribution is 5.76. The Hall–Kier alpha value is -1.64. The van der Waals surface area contributed by atoms with Gasteiger partial charge in [0, 0.05) is 18.7 Å². The zero-order valence-electron chi connectivity index (χ0n) is 12.4. The standard InChI is InChI=1S/C19H21NO/c1-13(20-17-8-9-21-12-17)14-6-7-19-16(10-14)11-15-4-2-3-5-18(15)19/h2-7,10,13,17,20H,8-9,11-12H2,1H3. The summed E-state index contributed by atoms with van der Waals surface area (Å²) in [4.78, 5) is 0. The predicted molar refractivity (Wildman–Crippen MR) is 85.5 cm³/mol. The van der Waals surface area contributed by atoms with Gasteiger partial charge in [0.1, 0.15) is 0 Å². The van der Waals surface area contributed by atoms with Crippen molar-refractivity contribution in [3.63, 3.8) is 0 Å². The third kappa shape index (κ3) is 2.39. The molecule has 0 saturated carbocycles. The monoisotopic (exact) mass is 279 g/mol. The quantitative estimate of drug-likeness (QED) is 0.789. The van der Waals surface area contributed by atoms with Crippen LogP contribution in [0.25, 0.3) is 11.1 Å². The van der Waals surface area contributed by atoms with Gasteiger partial charge in [-0.15, -0.1) is 0 Å². The van der Waals surface area contributed by atoms with Gasteiger partial charge in [-0.05, 0) is 47.6 Å². The van der Waals surface area contributed by atoms with Crippen molar-refractivity contribution in [2.45, 2.75) is 31.8 Å². The van der Waals surface area contributed by atoms with Gasteiger partial charge in [0.05, 0.1) is 6.61 Å². The second-order valence-electron chi connectivity index (χ2n) is 6.20. The number of fused-ring (bicyclic) bond motifs is 3. The molecule has 1 aliphatic carbocycles. The average Bonchev–Trinajstić information content (AvgIpc) is 3.13. The highest BCUT2D eigenvalue weighted by Crippen LogP contribution is 2.37. The Morgan fingerprint density at radius 2 is 1.95 bits per heavy atom. The third-order valence-electron chi connectivity index (χ3n) is 4.73. The second kappa shape index (κ2) is 5.28. The molecule has 1 N–H and O–H groups in total. The average molecular weight is 279 g/mol. The SMILES string of the molecule is CC(NC1CCOC1)c1ccc2c(c1)Cc1ccccc1-2. The molecule has 108 valence electrons. The number of ether oxygens (including phenoxy) is 1. The summed E-state index contributed by atoms with van der Waals surface area (Å²) >= 11 is 0. The molecule has 0 amide bonds. The molecule has 0 radical (unpaired) electrons. The summed E-state index contributed by atoms with van der Waals surface area (Å²) in [5.41, 5.74) is 7.11. The Labute approximate surface area is 126 Å². The van der Waals surface area contributed by atoms with Crippen LogP contribution in [0.1, 0.15) is 36.1 Å². The highest BCUT2D eigenvalue weighted by Gasteiger charge is 2.21. The van der Waals surface area contributed by atoms with E-state index in [1.807, 2.05) is 0 Å². The van der Waals surface area contributed by atoms with E-state index in [2.05, 4.69) is 54.7 Å². The molecule has 0 bridgehead atoms. The van der Waals surface area contributed by atoms with Crippen molar-refractivity contribution in [2.24, 2.45) is 0 Å². The van der Waals surface area contributed by atoms with Crippen LogP contribution in [0.3, 0.4) is 0 Å². The van der Waals surface area contributed by atoms with Crippen LogP contribution in [0.4, 0.5) is 0 Å². The summed E-state index contributed by atoms with van der Waals surface area (Å²) in [5, 5.41) is 3.68. The van der Waals surface area contributed by atoms with E-state index in [1.54, 1.807) is 0 Å². The molecule has 1 aliphatic heterocycles. The van der Waals surface area contributed by atoms with Gasteiger partial charge in [0.25, 0.3) is 0 Å². The molecular weight excluding hydrogens is 258 g/mol. The Bertz CT molecular complexity index is 658. The Kier molecular flexibility index (Phi) is 3.28. The first-order valence-electron chi connectivity index (χ1n) is 7.86. The van der Waals surface area contributed by atoms with Crippen molar-refractivity contribution in [1.29, 1.82) is 0 Å². The van der Waals surface area contributed by atoms with Gasteiger partial charge >= 0.3 is 0 Å². The smallest absolute Gasteiger partial charge is 0.0620 e. The van der Waals surface area contributed by atoms with Gasteiger partial charge < -0.3 is 10.1 Å². The first kappa shape index (κ1) is 13.1. The molecule has 4 rings (SSSR count). The fraction of sp³-hybridized carbons (Fsp3) is 0.368. The summed E-state index contributed by atoms with van der Waals surface area (Å²) < 4.78 is 5.45. The summed E-state index contributed by atoms with van der Waals surface area (Å²) in [5.74, 6) is 0. The fourth-order valence-electron chi connectivity index (χ4n) is 3.55. The van der Waals surface area contributed by atoms with Crippen LogP contribution in [0, 0.1) is 0 Å². The van der Waals surface area contributed by atoms with Crippen LogP contribution in [0.5, 0.6) is 0 Å². The highest BCUT2D eigenvalue weighted by atomic mass is 16.5. The Morgan fingerprint density at radius 1 is 1.10 bits per heavy atom. The van der Waals surface area contributed by atoms with Crippen LogP contribution in [-0.2, 0) is 11.2 Å². The van der Waals surface area contributed by atoms with E-state index in [1.165, 1.54) is 27.8 Å². The van der Waals surface area contributed by atoms with Gasteiger partial charge in [-0.2, -0.15) is 0 Å². The van der Waals surface area contributed by atoms with Crippen molar-refractivity contribution in [1.82, 2.24) is 5.32 Å². The molecule has 2 atom stereocenters. The lowest BCUT2D eigenvalue weighted by molar-refractivity contribution is 0.188. The van der Waals surface area contributed by atoms with E-state index in [0.29, 0.717) is 12.1 Å². The molecule has 2 aliphatic rings. The fourth-order valence-corrected chi connectivity index (χ4v) is 3.55. The van der Waals surface area contributed by atoms with E-state index < -0.39 is 0 Å². The predicted octanol–water partition coefficient (Wildman–Crippen LogP) is 3.70. The number of hydrogen-bond donors (Lipinski definition) is 1. The van der Waals surface area contributed by atoms with Crippen molar-refractivity contribution in [3.05, 3.63) is 59.2 Å². The van der Waals surface area contributed by atoms with Crippen LogP contribution in [-0.4, -0.2) is 19.3 Å². The molecule has 0 aromatic heterocycles. The molecule has 2 unspecified atom stereocenters. The first-order valence-corrected chi connectivity index (χ1v) is 7.86. The molecular formula is C19H21NO. The number of benzene rings is 2. The van der Waals surface area contributed by atoms with Crippen LogP contribution >= 0.6 is 0 Å². The van der Waals surface area contributed by atoms with Crippen LogP contribution in [0.15, 0.2) is 42.5 Å².